The minimum absolute atomic E-state index is 0.467. The zero-order valence-corrected chi connectivity index (χ0v) is 12.5. The fraction of sp³-hybridized carbons (Fsp3) is 0.667. The third-order valence-corrected chi connectivity index (χ3v) is 3.50. The van der Waals surface area contributed by atoms with Crippen molar-refractivity contribution in [2.45, 2.75) is 26.4 Å². The average molecular weight is 270 g/mol. The van der Waals surface area contributed by atoms with Gasteiger partial charge in [0.15, 0.2) is 0 Å². The number of hydrogen-bond acceptors (Lipinski definition) is 6. The van der Waals surface area contributed by atoms with Gasteiger partial charge in [-0.05, 0) is 27.0 Å². The quantitative estimate of drug-likeness (QED) is 0.730. The van der Waals surface area contributed by atoms with Crippen molar-refractivity contribution in [2.24, 2.45) is 0 Å². The summed E-state index contributed by atoms with van der Waals surface area (Å²) < 4.78 is 0. The van der Waals surface area contributed by atoms with Crippen LogP contribution in [0.3, 0.4) is 0 Å². The highest BCUT2D eigenvalue weighted by Crippen LogP contribution is 2.20. The van der Waals surface area contributed by atoms with Crippen molar-refractivity contribution >= 4 is 23.4 Å². The van der Waals surface area contributed by atoms with Gasteiger partial charge >= 0.3 is 0 Å². The Bertz CT molecular complexity index is 409. The normalized spacial score (nSPS) is 14.1. The molecule has 0 spiro atoms. The Hall–Kier alpha value is -1.01. The second-order valence-electron chi connectivity index (χ2n) is 4.63. The van der Waals surface area contributed by atoms with Crippen LogP contribution in [0.4, 0.5) is 11.6 Å². The standard InChI is InChI=1S/C12H22N4OS/c1-8-10(13-4)15-9(2)16-11(8)14-6-12(3,17)7-18-5/h17H,6-7H2,1-5H3,(H2,13,14,15,16). The van der Waals surface area contributed by atoms with Gasteiger partial charge in [-0.1, -0.05) is 0 Å². The number of thioether (sulfide) groups is 1. The van der Waals surface area contributed by atoms with Gasteiger partial charge in [-0.25, -0.2) is 9.97 Å². The maximum absolute atomic E-state index is 10.1. The molecular weight excluding hydrogens is 248 g/mol. The summed E-state index contributed by atoms with van der Waals surface area (Å²) in [5.74, 6) is 2.97. The Morgan fingerprint density at radius 3 is 2.44 bits per heavy atom. The Balaban J connectivity index is 2.82. The molecule has 3 N–H and O–H groups in total. The molecule has 5 nitrogen and oxygen atoms in total. The van der Waals surface area contributed by atoms with Crippen molar-refractivity contribution in [1.29, 1.82) is 0 Å². The monoisotopic (exact) mass is 270 g/mol. The minimum atomic E-state index is -0.746. The number of anilines is 2. The van der Waals surface area contributed by atoms with E-state index in [9.17, 15) is 5.11 Å². The smallest absolute Gasteiger partial charge is 0.134 e. The maximum atomic E-state index is 10.1. The summed E-state index contributed by atoms with van der Waals surface area (Å²) in [4.78, 5) is 8.67. The maximum Gasteiger partial charge on any atom is 0.134 e. The van der Waals surface area contributed by atoms with Crippen LogP contribution in [0.15, 0.2) is 0 Å². The summed E-state index contributed by atoms with van der Waals surface area (Å²) in [6.45, 7) is 6.09. The van der Waals surface area contributed by atoms with Crippen molar-refractivity contribution in [3.8, 4) is 0 Å². The molecule has 1 rings (SSSR count). The number of aryl methyl sites for hydroxylation is 1. The summed E-state index contributed by atoms with van der Waals surface area (Å²) in [7, 11) is 1.84. The van der Waals surface area contributed by atoms with Crippen LogP contribution in [-0.4, -0.2) is 46.3 Å². The molecule has 18 heavy (non-hydrogen) atoms. The molecule has 0 radical (unpaired) electrons. The van der Waals surface area contributed by atoms with E-state index >= 15 is 0 Å². The molecule has 0 amide bonds. The van der Waals surface area contributed by atoms with E-state index in [2.05, 4.69) is 20.6 Å². The second kappa shape index (κ2) is 6.24. The third-order valence-electron chi connectivity index (χ3n) is 2.59. The summed E-state index contributed by atoms with van der Waals surface area (Å²) in [5, 5.41) is 16.4. The molecule has 1 aromatic rings. The number of hydrogen-bond donors (Lipinski definition) is 3. The second-order valence-corrected chi connectivity index (χ2v) is 5.49. The van der Waals surface area contributed by atoms with Crippen LogP contribution in [0.2, 0.25) is 0 Å². The van der Waals surface area contributed by atoms with Crippen LogP contribution in [0, 0.1) is 13.8 Å². The van der Waals surface area contributed by atoms with Gasteiger partial charge in [0.05, 0.1) is 5.60 Å². The van der Waals surface area contributed by atoms with E-state index in [1.807, 2.05) is 34.1 Å². The predicted molar refractivity (Wildman–Crippen MR) is 78.5 cm³/mol. The molecule has 102 valence electrons. The fourth-order valence-electron chi connectivity index (χ4n) is 1.68. The molecule has 1 heterocycles. The van der Waals surface area contributed by atoms with Gasteiger partial charge in [-0.15, -0.1) is 0 Å². The molecule has 0 bridgehead atoms. The SMILES string of the molecule is CNc1nc(C)nc(NCC(C)(O)CSC)c1C. The Morgan fingerprint density at radius 1 is 1.28 bits per heavy atom. The van der Waals surface area contributed by atoms with Crippen LogP contribution < -0.4 is 10.6 Å². The number of nitrogens with one attached hydrogen (secondary N) is 2. The number of aromatic nitrogens is 2. The Labute approximate surface area is 113 Å². The topological polar surface area (TPSA) is 70.1 Å². The molecule has 0 aliphatic heterocycles. The van der Waals surface area contributed by atoms with Crippen molar-refractivity contribution in [3.05, 3.63) is 11.4 Å². The molecule has 1 atom stereocenters. The van der Waals surface area contributed by atoms with E-state index in [4.69, 9.17) is 0 Å². The molecule has 0 aliphatic rings. The van der Waals surface area contributed by atoms with E-state index < -0.39 is 5.60 Å². The fourth-order valence-corrected chi connectivity index (χ4v) is 2.40. The molecule has 0 aliphatic carbocycles. The van der Waals surface area contributed by atoms with Crippen LogP contribution in [0.1, 0.15) is 18.3 Å². The van der Waals surface area contributed by atoms with Gasteiger partial charge in [0.1, 0.15) is 17.5 Å². The van der Waals surface area contributed by atoms with Crippen LogP contribution in [-0.2, 0) is 0 Å². The van der Waals surface area contributed by atoms with Crippen LogP contribution >= 0.6 is 11.8 Å². The van der Waals surface area contributed by atoms with E-state index in [1.54, 1.807) is 11.8 Å². The first-order valence-electron chi connectivity index (χ1n) is 5.88. The zero-order valence-electron chi connectivity index (χ0n) is 11.7. The van der Waals surface area contributed by atoms with Gasteiger partial charge in [0.25, 0.3) is 0 Å². The highest BCUT2D eigenvalue weighted by Gasteiger charge is 2.20. The molecule has 0 aromatic carbocycles. The number of aliphatic hydroxyl groups is 1. The molecule has 1 aromatic heterocycles. The summed E-state index contributed by atoms with van der Waals surface area (Å²) in [6, 6.07) is 0. The van der Waals surface area contributed by atoms with E-state index in [0.29, 0.717) is 18.1 Å². The van der Waals surface area contributed by atoms with Gasteiger partial charge in [0.2, 0.25) is 0 Å². The zero-order chi connectivity index (χ0) is 13.8. The summed E-state index contributed by atoms with van der Waals surface area (Å²) in [6.07, 6.45) is 1.98. The predicted octanol–water partition coefficient (Wildman–Crippen LogP) is 1.66. The molecular formula is C12H22N4OS. The summed E-state index contributed by atoms with van der Waals surface area (Å²) in [5.41, 5.74) is 0.216. The Kier molecular flexibility index (Phi) is 5.22. The van der Waals surface area contributed by atoms with Crippen molar-refractivity contribution in [3.63, 3.8) is 0 Å². The molecule has 6 heteroatoms. The van der Waals surface area contributed by atoms with Gasteiger partial charge < -0.3 is 15.7 Å². The van der Waals surface area contributed by atoms with Crippen LogP contribution in [0.25, 0.3) is 0 Å². The van der Waals surface area contributed by atoms with Gasteiger partial charge in [0, 0.05) is 24.9 Å². The molecule has 0 fully saturated rings. The van der Waals surface area contributed by atoms with Gasteiger partial charge in [-0.3, -0.25) is 0 Å². The van der Waals surface area contributed by atoms with E-state index in [1.165, 1.54) is 0 Å². The molecule has 0 saturated carbocycles. The van der Waals surface area contributed by atoms with E-state index in [-0.39, 0.29) is 0 Å². The van der Waals surface area contributed by atoms with E-state index in [0.717, 1.165) is 17.2 Å². The van der Waals surface area contributed by atoms with Crippen LogP contribution in [0.5, 0.6) is 0 Å². The molecule has 0 saturated heterocycles. The molecule has 1 unspecified atom stereocenters. The largest absolute Gasteiger partial charge is 0.387 e. The summed E-state index contributed by atoms with van der Waals surface area (Å²) >= 11 is 1.62. The lowest BCUT2D eigenvalue weighted by atomic mass is 10.1. The van der Waals surface area contributed by atoms with Crippen molar-refractivity contribution in [2.75, 3.05) is 36.2 Å². The average Bonchev–Trinajstić information content (AvgIpc) is 2.29. The highest BCUT2D eigenvalue weighted by atomic mass is 32.2. The lowest BCUT2D eigenvalue weighted by Crippen LogP contribution is -2.36. The first kappa shape index (κ1) is 15.0. The first-order valence-corrected chi connectivity index (χ1v) is 7.27. The highest BCUT2D eigenvalue weighted by molar-refractivity contribution is 7.98. The van der Waals surface area contributed by atoms with Crippen molar-refractivity contribution < 1.29 is 5.11 Å². The number of rotatable bonds is 6. The first-order chi connectivity index (χ1) is 8.39. The number of nitrogens with zero attached hydrogens (tertiary/aromatic N) is 2. The lowest BCUT2D eigenvalue weighted by Gasteiger charge is -2.23. The third kappa shape index (κ3) is 4.03. The van der Waals surface area contributed by atoms with Crippen molar-refractivity contribution in [1.82, 2.24) is 9.97 Å². The Morgan fingerprint density at radius 2 is 1.89 bits per heavy atom. The minimum Gasteiger partial charge on any atom is -0.387 e. The lowest BCUT2D eigenvalue weighted by molar-refractivity contribution is 0.0996. The van der Waals surface area contributed by atoms with Gasteiger partial charge in [-0.2, -0.15) is 11.8 Å².